The molecule has 9 heteroatoms. The van der Waals surface area contributed by atoms with E-state index >= 15 is 0 Å². The number of carbonyl (C=O) groups excluding carboxylic acids is 1. The van der Waals surface area contributed by atoms with Crippen LogP contribution in [0.15, 0.2) is 41.2 Å². The highest BCUT2D eigenvalue weighted by Crippen LogP contribution is 2.20. The zero-order valence-electron chi connectivity index (χ0n) is 11.7. The number of para-hydroxylation sites is 1. The number of aromatic nitrogens is 3. The van der Waals surface area contributed by atoms with Crippen LogP contribution in [0.25, 0.3) is 11.0 Å². The van der Waals surface area contributed by atoms with Gasteiger partial charge in [-0.15, -0.1) is 0 Å². The first-order valence-corrected chi connectivity index (χ1v) is 6.63. The number of hydrogen-bond donors (Lipinski definition) is 1. The lowest BCUT2D eigenvalue weighted by Gasteiger charge is -2.05. The Bertz CT molecular complexity index is 838. The van der Waals surface area contributed by atoms with Gasteiger partial charge in [0.05, 0.1) is 18.3 Å². The monoisotopic (exact) mass is 324 g/mol. The minimum atomic E-state index is -4.37. The highest BCUT2D eigenvalue weighted by molar-refractivity contribution is 5.94. The van der Waals surface area contributed by atoms with Gasteiger partial charge in [-0.25, -0.2) is 0 Å². The molecule has 6 nitrogen and oxygen atoms in total. The van der Waals surface area contributed by atoms with E-state index in [1.165, 1.54) is 0 Å². The van der Waals surface area contributed by atoms with Crippen molar-refractivity contribution in [1.29, 1.82) is 0 Å². The van der Waals surface area contributed by atoms with Crippen LogP contribution < -0.4 is 5.32 Å². The first kappa shape index (κ1) is 15.1. The molecule has 120 valence electrons. The molecule has 0 atom stereocenters. The molecule has 1 aromatic carbocycles. The number of nitrogens with zero attached hydrogens (tertiary/aromatic N) is 3. The third kappa shape index (κ3) is 3.68. The molecular formula is C14H11F3N4O2. The third-order valence-electron chi connectivity index (χ3n) is 3.04. The second-order valence-corrected chi connectivity index (χ2v) is 4.89. The molecule has 0 saturated carbocycles. The zero-order valence-corrected chi connectivity index (χ0v) is 11.7. The summed E-state index contributed by atoms with van der Waals surface area (Å²) in [6.45, 7) is -1.21. The van der Waals surface area contributed by atoms with Crippen LogP contribution in [0.1, 0.15) is 5.69 Å². The van der Waals surface area contributed by atoms with Crippen molar-refractivity contribution < 1.29 is 22.5 Å². The number of halogens is 3. The molecule has 0 aliphatic carbocycles. The molecule has 0 aliphatic rings. The molecule has 2 heterocycles. The Morgan fingerprint density at radius 3 is 2.87 bits per heavy atom. The first-order chi connectivity index (χ1) is 10.9. The summed E-state index contributed by atoms with van der Waals surface area (Å²) >= 11 is 0. The Balaban J connectivity index is 1.66. The normalized spacial score (nSPS) is 11.8. The van der Waals surface area contributed by atoms with E-state index in [2.05, 4.69) is 15.6 Å². The number of carbonyl (C=O) groups is 1. The number of hydrogen-bond acceptors (Lipinski definition) is 4. The fraction of sp³-hybridized carbons (Fsp3) is 0.214. The van der Waals surface area contributed by atoms with Crippen molar-refractivity contribution in [2.24, 2.45) is 0 Å². The Labute approximate surface area is 127 Å². The summed E-state index contributed by atoms with van der Waals surface area (Å²) in [5, 5.41) is 10.6. The topological polar surface area (TPSA) is 73.0 Å². The highest BCUT2D eigenvalue weighted by atomic mass is 19.4. The maximum absolute atomic E-state index is 12.2. The highest BCUT2D eigenvalue weighted by Gasteiger charge is 2.28. The summed E-state index contributed by atoms with van der Waals surface area (Å²) in [6.07, 6.45) is -2.15. The lowest BCUT2D eigenvalue weighted by Crippen LogP contribution is -2.18. The van der Waals surface area contributed by atoms with Crippen molar-refractivity contribution in [3.05, 3.63) is 42.4 Å². The number of fused-ring (bicyclic) bond motifs is 1. The quantitative estimate of drug-likeness (QED) is 0.801. The summed E-state index contributed by atoms with van der Waals surface area (Å²) in [5.74, 6) is -0.421. The Morgan fingerprint density at radius 2 is 2.09 bits per heavy atom. The van der Waals surface area contributed by atoms with E-state index in [1.807, 2.05) is 0 Å². The molecule has 0 bridgehead atoms. The molecule has 0 unspecified atom stereocenters. The number of anilines is 1. The van der Waals surface area contributed by atoms with Gasteiger partial charge in [-0.3, -0.25) is 9.48 Å². The van der Waals surface area contributed by atoms with Crippen LogP contribution >= 0.6 is 0 Å². The lowest BCUT2D eigenvalue weighted by atomic mass is 10.1. The fourth-order valence-corrected chi connectivity index (χ4v) is 2.12. The molecule has 3 aromatic rings. The number of nitrogens with one attached hydrogen (secondary N) is 1. The minimum absolute atomic E-state index is 0.0541. The molecule has 1 amide bonds. The van der Waals surface area contributed by atoms with Crippen molar-refractivity contribution in [2.75, 3.05) is 5.32 Å². The van der Waals surface area contributed by atoms with Crippen LogP contribution in [-0.2, 0) is 17.8 Å². The van der Waals surface area contributed by atoms with Gasteiger partial charge in [-0.2, -0.15) is 18.3 Å². The van der Waals surface area contributed by atoms with Crippen LogP contribution in [-0.4, -0.2) is 27.0 Å². The summed E-state index contributed by atoms with van der Waals surface area (Å²) < 4.78 is 42.5. The van der Waals surface area contributed by atoms with E-state index in [9.17, 15) is 18.0 Å². The average molecular weight is 324 g/mol. The van der Waals surface area contributed by atoms with Crippen LogP contribution in [0, 0.1) is 0 Å². The molecule has 0 spiro atoms. The number of rotatable bonds is 4. The summed E-state index contributed by atoms with van der Waals surface area (Å²) in [7, 11) is 0. The van der Waals surface area contributed by atoms with Crippen molar-refractivity contribution in [3.8, 4) is 0 Å². The molecule has 3 rings (SSSR count). The Kier molecular flexibility index (Phi) is 3.77. The van der Waals surface area contributed by atoms with Crippen molar-refractivity contribution in [3.63, 3.8) is 0 Å². The molecule has 23 heavy (non-hydrogen) atoms. The molecule has 0 aliphatic heterocycles. The van der Waals surface area contributed by atoms with E-state index in [-0.39, 0.29) is 12.1 Å². The summed E-state index contributed by atoms with van der Waals surface area (Å²) in [6, 6.07) is 7.08. The second-order valence-electron chi connectivity index (χ2n) is 4.89. The predicted molar refractivity (Wildman–Crippen MR) is 74.6 cm³/mol. The van der Waals surface area contributed by atoms with E-state index in [0.717, 1.165) is 17.8 Å². The van der Waals surface area contributed by atoms with E-state index < -0.39 is 18.6 Å². The maximum Gasteiger partial charge on any atom is 0.408 e. The van der Waals surface area contributed by atoms with Crippen molar-refractivity contribution >= 4 is 22.6 Å². The van der Waals surface area contributed by atoms with Gasteiger partial charge in [-0.1, -0.05) is 17.3 Å². The van der Waals surface area contributed by atoms with Crippen LogP contribution in [0.2, 0.25) is 0 Å². The SMILES string of the molecule is O=C(Cc1noc2ccccc12)Nc1cnn(CC(F)(F)F)c1. The van der Waals surface area contributed by atoms with Gasteiger partial charge in [-0.05, 0) is 12.1 Å². The van der Waals surface area contributed by atoms with Gasteiger partial charge in [0.1, 0.15) is 12.2 Å². The molecular weight excluding hydrogens is 313 g/mol. The minimum Gasteiger partial charge on any atom is -0.356 e. The predicted octanol–water partition coefficient (Wildman–Crippen LogP) is 2.77. The van der Waals surface area contributed by atoms with Crippen LogP contribution in [0.4, 0.5) is 18.9 Å². The lowest BCUT2D eigenvalue weighted by molar-refractivity contribution is -0.142. The zero-order chi connectivity index (χ0) is 16.4. The van der Waals surface area contributed by atoms with Gasteiger partial charge >= 0.3 is 6.18 Å². The van der Waals surface area contributed by atoms with Gasteiger partial charge in [0.15, 0.2) is 5.58 Å². The average Bonchev–Trinajstić information content (AvgIpc) is 3.05. The van der Waals surface area contributed by atoms with Gasteiger partial charge in [0.2, 0.25) is 5.91 Å². The first-order valence-electron chi connectivity index (χ1n) is 6.63. The van der Waals surface area contributed by atoms with Crippen LogP contribution in [0.5, 0.6) is 0 Å². The van der Waals surface area contributed by atoms with Crippen LogP contribution in [0.3, 0.4) is 0 Å². The standard InChI is InChI=1S/C14H11F3N4O2/c15-14(16,17)8-21-7-9(6-18-21)19-13(22)5-11-10-3-1-2-4-12(10)23-20-11/h1-4,6-7H,5,8H2,(H,19,22). The van der Waals surface area contributed by atoms with E-state index in [0.29, 0.717) is 16.0 Å². The van der Waals surface area contributed by atoms with E-state index in [1.54, 1.807) is 24.3 Å². The summed E-state index contributed by atoms with van der Waals surface area (Å²) in [4.78, 5) is 12.0. The largest absolute Gasteiger partial charge is 0.408 e. The smallest absolute Gasteiger partial charge is 0.356 e. The number of benzene rings is 1. The second kappa shape index (κ2) is 5.75. The number of amides is 1. The van der Waals surface area contributed by atoms with Gasteiger partial charge in [0, 0.05) is 11.6 Å². The van der Waals surface area contributed by atoms with Crippen molar-refractivity contribution in [1.82, 2.24) is 14.9 Å². The van der Waals surface area contributed by atoms with E-state index in [4.69, 9.17) is 4.52 Å². The third-order valence-corrected chi connectivity index (χ3v) is 3.04. The molecule has 0 fully saturated rings. The van der Waals surface area contributed by atoms with Crippen molar-refractivity contribution in [2.45, 2.75) is 19.1 Å². The number of alkyl halides is 3. The fourth-order valence-electron chi connectivity index (χ4n) is 2.12. The molecule has 0 saturated heterocycles. The Hall–Kier alpha value is -2.84. The Morgan fingerprint density at radius 1 is 1.30 bits per heavy atom. The van der Waals surface area contributed by atoms with Gasteiger partial charge in [0.25, 0.3) is 0 Å². The summed E-state index contributed by atoms with van der Waals surface area (Å²) in [5.41, 5.74) is 1.21. The maximum atomic E-state index is 12.2. The molecule has 1 N–H and O–H groups in total. The van der Waals surface area contributed by atoms with Gasteiger partial charge < -0.3 is 9.84 Å². The molecule has 2 aromatic heterocycles. The molecule has 0 radical (unpaired) electrons.